The zero-order chi connectivity index (χ0) is 33.5. The average molecular weight is 662 g/mol. The van der Waals surface area contributed by atoms with E-state index in [4.69, 9.17) is 13.3 Å². The van der Waals surface area contributed by atoms with Crippen LogP contribution in [0, 0.1) is 0 Å². The molecule has 6 heteroatoms. The second-order valence-corrected chi connectivity index (χ2v) is 13.3. The molecule has 51 heavy (non-hydrogen) atoms. The van der Waals surface area contributed by atoms with E-state index in [1.165, 1.54) is 0 Å². The van der Waals surface area contributed by atoms with E-state index in [0.29, 0.717) is 0 Å². The minimum absolute atomic E-state index is 0.137. The Bertz CT molecular complexity index is 2940. The molecule has 1 aliphatic rings. The van der Waals surface area contributed by atoms with Crippen LogP contribution >= 0.6 is 0 Å². The van der Waals surface area contributed by atoms with Gasteiger partial charge in [0.15, 0.2) is 0 Å². The van der Waals surface area contributed by atoms with Gasteiger partial charge in [0.05, 0.1) is 18.5 Å². The highest BCUT2D eigenvalue weighted by Gasteiger charge is 2.33. The molecule has 3 aromatic heterocycles. The van der Waals surface area contributed by atoms with E-state index in [1.54, 1.807) is 0 Å². The summed E-state index contributed by atoms with van der Waals surface area (Å²) in [5, 5.41) is 18.2. The van der Waals surface area contributed by atoms with E-state index in [1.807, 2.05) is 30.3 Å². The predicted octanol–water partition coefficient (Wildman–Crippen LogP) is 11.2. The third-order valence-corrected chi connectivity index (χ3v) is 10.4. The van der Waals surface area contributed by atoms with Gasteiger partial charge in [-0.1, -0.05) is 121 Å². The van der Waals surface area contributed by atoms with Crippen LogP contribution in [0.2, 0.25) is 0 Å². The lowest BCUT2D eigenvalue weighted by Gasteiger charge is -2.39. The topological polar surface area (TPSA) is 75.5 Å². The van der Waals surface area contributed by atoms with Crippen LogP contribution in [0.15, 0.2) is 165 Å². The number of para-hydroxylation sites is 4. The standard InChI is InChI=1S/C45H31N3O3/c1-2-11-26(12-3-1)43-46-44(33-18-10-22-39-40(33)32-14-5-7-21-37(32)50-39)48-45(47-43)34-19-9-17-31-30-16-8-15-28(41(30)51-42(31)34)27-23-24-38-35(25-27)29-13-4-6-20-36(29)49-38/h1-25,43-48H. The van der Waals surface area contributed by atoms with Gasteiger partial charge in [-0.2, -0.15) is 0 Å². The van der Waals surface area contributed by atoms with Crippen molar-refractivity contribution in [2.75, 3.05) is 0 Å². The SMILES string of the molecule is c1ccc(C2NC(c3cccc4c3oc3c(-c5ccc6oc7ccccc7c6c5)cccc34)NC(c3cccc4oc5ccccc5c34)N2)cc1. The first-order valence-electron chi connectivity index (χ1n) is 17.4. The van der Waals surface area contributed by atoms with Crippen molar-refractivity contribution in [3.63, 3.8) is 0 Å². The summed E-state index contributed by atoms with van der Waals surface area (Å²) >= 11 is 0. The van der Waals surface area contributed by atoms with Crippen LogP contribution in [-0.2, 0) is 0 Å². The second kappa shape index (κ2) is 11.2. The van der Waals surface area contributed by atoms with E-state index in [0.717, 1.165) is 93.6 Å². The van der Waals surface area contributed by atoms with Gasteiger partial charge in [-0.15, -0.1) is 0 Å². The molecule has 7 aromatic carbocycles. The fraction of sp³-hybridized carbons (Fsp3) is 0.0667. The Balaban J connectivity index is 1.06. The van der Waals surface area contributed by atoms with E-state index in [2.05, 4.69) is 137 Å². The average Bonchev–Trinajstić information content (AvgIpc) is 3.89. The van der Waals surface area contributed by atoms with Crippen molar-refractivity contribution < 1.29 is 13.3 Å². The van der Waals surface area contributed by atoms with Gasteiger partial charge >= 0.3 is 0 Å². The minimum Gasteiger partial charge on any atom is -0.456 e. The number of rotatable bonds is 4. The van der Waals surface area contributed by atoms with E-state index < -0.39 is 0 Å². The molecule has 1 saturated heterocycles. The van der Waals surface area contributed by atoms with Crippen molar-refractivity contribution in [3.05, 3.63) is 168 Å². The van der Waals surface area contributed by atoms with Crippen molar-refractivity contribution in [1.82, 2.24) is 16.0 Å². The molecule has 0 amide bonds. The molecule has 1 fully saturated rings. The zero-order valence-electron chi connectivity index (χ0n) is 27.4. The molecule has 0 bridgehead atoms. The largest absolute Gasteiger partial charge is 0.456 e. The molecule has 0 saturated carbocycles. The molecule has 6 nitrogen and oxygen atoms in total. The van der Waals surface area contributed by atoms with Crippen molar-refractivity contribution in [2.24, 2.45) is 0 Å². The van der Waals surface area contributed by atoms with Crippen molar-refractivity contribution in [3.8, 4) is 11.1 Å². The maximum Gasteiger partial charge on any atom is 0.143 e. The Morgan fingerprint density at radius 1 is 0.373 bits per heavy atom. The molecule has 1 aliphatic heterocycles. The molecule has 244 valence electrons. The summed E-state index contributed by atoms with van der Waals surface area (Å²) in [4.78, 5) is 0. The highest BCUT2D eigenvalue weighted by Crippen LogP contribution is 2.42. The Morgan fingerprint density at radius 3 is 1.82 bits per heavy atom. The summed E-state index contributed by atoms with van der Waals surface area (Å²) in [6.07, 6.45) is -0.573. The van der Waals surface area contributed by atoms with Gasteiger partial charge in [-0.25, -0.2) is 0 Å². The highest BCUT2D eigenvalue weighted by molar-refractivity contribution is 6.12. The first-order valence-corrected chi connectivity index (χ1v) is 17.4. The third-order valence-electron chi connectivity index (χ3n) is 10.4. The number of furan rings is 3. The smallest absolute Gasteiger partial charge is 0.143 e. The van der Waals surface area contributed by atoms with Crippen molar-refractivity contribution in [2.45, 2.75) is 18.5 Å². The zero-order valence-corrected chi connectivity index (χ0v) is 27.4. The van der Waals surface area contributed by atoms with Gasteiger partial charge in [-0.3, -0.25) is 16.0 Å². The van der Waals surface area contributed by atoms with E-state index >= 15 is 0 Å². The summed E-state index contributed by atoms with van der Waals surface area (Å²) in [5.74, 6) is 0. The van der Waals surface area contributed by atoms with Crippen LogP contribution in [0.3, 0.4) is 0 Å². The maximum absolute atomic E-state index is 6.96. The number of benzene rings is 7. The van der Waals surface area contributed by atoms with Crippen LogP contribution in [0.1, 0.15) is 35.2 Å². The van der Waals surface area contributed by atoms with Crippen LogP contribution in [0.4, 0.5) is 0 Å². The first kappa shape index (κ1) is 28.6. The quantitative estimate of drug-likeness (QED) is 0.174. The molecule has 3 atom stereocenters. The molecular weight excluding hydrogens is 631 g/mol. The molecule has 0 radical (unpaired) electrons. The van der Waals surface area contributed by atoms with Gasteiger partial charge in [0.2, 0.25) is 0 Å². The molecule has 11 rings (SSSR count). The van der Waals surface area contributed by atoms with Crippen LogP contribution in [0.5, 0.6) is 0 Å². The summed E-state index contributed by atoms with van der Waals surface area (Å²) in [5.41, 5.74) is 10.7. The van der Waals surface area contributed by atoms with Crippen LogP contribution in [0.25, 0.3) is 76.9 Å². The van der Waals surface area contributed by atoms with Crippen molar-refractivity contribution >= 4 is 65.8 Å². The summed E-state index contributed by atoms with van der Waals surface area (Å²) in [6.45, 7) is 0. The van der Waals surface area contributed by atoms with Gasteiger partial charge in [0.1, 0.15) is 33.5 Å². The lowest BCUT2D eigenvalue weighted by molar-refractivity contribution is 0.204. The predicted molar refractivity (Wildman–Crippen MR) is 204 cm³/mol. The molecular formula is C45H31N3O3. The Labute approximate surface area is 292 Å². The fourth-order valence-electron chi connectivity index (χ4n) is 8.07. The molecule has 10 aromatic rings. The first-order chi connectivity index (χ1) is 25.3. The fourth-order valence-corrected chi connectivity index (χ4v) is 8.07. The Morgan fingerprint density at radius 2 is 0.961 bits per heavy atom. The van der Waals surface area contributed by atoms with Crippen molar-refractivity contribution in [1.29, 1.82) is 0 Å². The molecule has 3 N–H and O–H groups in total. The summed E-state index contributed by atoms with van der Waals surface area (Å²) < 4.78 is 19.4. The number of nitrogens with one attached hydrogen (secondary N) is 3. The second-order valence-electron chi connectivity index (χ2n) is 13.3. The van der Waals surface area contributed by atoms with Gasteiger partial charge < -0.3 is 13.3 Å². The maximum atomic E-state index is 6.96. The minimum atomic E-state index is -0.240. The monoisotopic (exact) mass is 661 g/mol. The Kier molecular flexibility index (Phi) is 6.27. The summed E-state index contributed by atoms with van der Waals surface area (Å²) in [7, 11) is 0. The van der Waals surface area contributed by atoms with Gasteiger partial charge in [-0.05, 0) is 47.0 Å². The van der Waals surface area contributed by atoms with E-state index in [-0.39, 0.29) is 18.5 Å². The highest BCUT2D eigenvalue weighted by atomic mass is 16.3. The molecule has 4 heterocycles. The lowest BCUT2D eigenvalue weighted by Crippen LogP contribution is -2.54. The molecule has 0 spiro atoms. The number of hydrogen-bond acceptors (Lipinski definition) is 6. The lowest BCUT2D eigenvalue weighted by atomic mass is 9.99. The van der Waals surface area contributed by atoms with Crippen LogP contribution < -0.4 is 16.0 Å². The number of fused-ring (bicyclic) bond motifs is 9. The molecule has 0 aliphatic carbocycles. The Hall–Kier alpha value is -6.18. The van der Waals surface area contributed by atoms with Crippen LogP contribution in [-0.4, -0.2) is 0 Å². The summed E-state index contributed by atoms with van der Waals surface area (Å²) in [6, 6.07) is 52.6. The molecule has 3 unspecified atom stereocenters. The van der Waals surface area contributed by atoms with E-state index in [9.17, 15) is 0 Å². The van der Waals surface area contributed by atoms with Gasteiger partial charge in [0.25, 0.3) is 0 Å². The third kappa shape index (κ3) is 4.48. The number of hydrogen-bond donors (Lipinski definition) is 3. The normalized spacial score (nSPS) is 18.2. The van der Waals surface area contributed by atoms with Gasteiger partial charge in [0, 0.05) is 43.4 Å².